The van der Waals surface area contributed by atoms with E-state index in [1.165, 1.54) is 0 Å². The highest BCUT2D eigenvalue weighted by atomic mass is 19.4. The largest absolute Gasteiger partial charge is 0.481 e. The summed E-state index contributed by atoms with van der Waals surface area (Å²) in [7, 11) is 0. The fourth-order valence-corrected chi connectivity index (χ4v) is 4.06. The summed E-state index contributed by atoms with van der Waals surface area (Å²) in [5, 5.41) is 17.0. The Bertz CT molecular complexity index is 914. The van der Waals surface area contributed by atoms with Crippen molar-refractivity contribution in [3.05, 3.63) is 36.3 Å². The highest BCUT2D eigenvalue weighted by Crippen LogP contribution is 2.47. The summed E-state index contributed by atoms with van der Waals surface area (Å²) in [6.07, 6.45) is 0.951. The summed E-state index contributed by atoms with van der Waals surface area (Å²) in [4.78, 5) is 15.4. The van der Waals surface area contributed by atoms with Crippen LogP contribution in [0, 0.1) is 17.8 Å². The zero-order chi connectivity index (χ0) is 21.3. The van der Waals surface area contributed by atoms with Crippen molar-refractivity contribution in [1.82, 2.24) is 15.2 Å². The first-order valence-electron chi connectivity index (χ1n) is 10.0. The first-order chi connectivity index (χ1) is 14.3. The van der Waals surface area contributed by atoms with E-state index >= 15 is 0 Å². The molecule has 1 N–H and O–H groups in total. The van der Waals surface area contributed by atoms with Crippen LogP contribution in [0.25, 0.3) is 11.1 Å². The Balaban J connectivity index is 1.36. The smallest absolute Gasteiger partial charge is 0.391 e. The third-order valence-corrected chi connectivity index (χ3v) is 6.01. The Kier molecular flexibility index (Phi) is 5.62. The lowest BCUT2D eigenvalue weighted by Crippen LogP contribution is -2.29. The van der Waals surface area contributed by atoms with Gasteiger partial charge in [-0.05, 0) is 55.7 Å². The Morgan fingerprint density at radius 1 is 1.17 bits per heavy atom. The molecular formula is C21H22F3N3O3. The molecule has 2 aromatic rings. The number of carboxylic acids is 1. The molecule has 9 heteroatoms. The van der Waals surface area contributed by atoms with Crippen LogP contribution in [0.4, 0.5) is 13.2 Å². The zero-order valence-electron chi connectivity index (χ0n) is 16.2. The minimum absolute atomic E-state index is 0.0696. The molecule has 2 aliphatic carbocycles. The van der Waals surface area contributed by atoms with Gasteiger partial charge < -0.3 is 9.84 Å². The lowest BCUT2D eigenvalue weighted by Gasteiger charge is -2.29. The van der Waals surface area contributed by atoms with Gasteiger partial charge >= 0.3 is 12.1 Å². The average Bonchev–Trinajstić information content (AvgIpc) is 3.54. The lowest BCUT2D eigenvalue weighted by atomic mass is 9.82. The molecule has 160 valence electrons. The van der Waals surface area contributed by atoms with Gasteiger partial charge in [0.1, 0.15) is 0 Å². The summed E-state index contributed by atoms with van der Waals surface area (Å²) in [5.74, 6) is -2.07. The third kappa shape index (κ3) is 4.71. The van der Waals surface area contributed by atoms with E-state index in [0.29, 0.717) is 31.7 Å². The van der Waals surface area contributed by atoms with Crippen LogP contribution in [0.5, 0.6) is 5.88 Å². The number of hydrogen-bond donors (Lipinski definition) is 1. The molecule has 0 bridgehead atoms. The Morgan fingerprint density at radius 2 is 1.93 bits per heavy atom. The topological polar surface area (TPSA) is 85.2 Å². The molecular weight excluding hydrogens is 399 g/mol. The molecule has 2 heterocycles. The number of ether oxygens (including phenoxy) is 1. The number of aliphatic carboxylic acids is 1. The fourth-order valence-electron chi connectivity index (χ4n) is 4.06. The van der Waals surface area contributed by atoms with E-state index in [9.17, 15) is 18.0 Å². The van der Waals surface area contributed by atoms with E-state index in [-0.39, 0.29) is 30.6 Å². The van der Waals surface area contributed by atoms with Crippen molar-refractivity contribution < 1.29 is 27.8 Å². The highest BCUT2D eigenvalue weighted by molar-refractivity contribution is 5.75. The van der Waals surface area contributed by atoms with E-state index in [1.54, 1.807) is 24.5 Å². The summed E-state index contributed by atoms with van der Waals surface area (Å²) in [5.41, 5.74) is 2.33. The number of aromatic nitrogens is 3. The van der Waals surface area contributed by atoms with Crippen molar-refractivity contribution in [3.8, 4) is 17.0 Å². The Hall–Kier alpha value is -2.71. The van der Waals surface area contributed by atoms with Crippen molar-refractivity contribution in [2.45, 2.75) is 44.2 Å². The van der Waals surface area contributed by atoms with Gasteiger partial charge in [-0.2, -0.15) is 18.3 Å². The Morgan fingerprint density at radius 3 is 2.60 bits per heavy atom. The molecule has 0 saturated heterocycles. The van der Waals surface area contributed by atoms with Crippen LogP contribution in [0.3, 0.4) is 0 Å². The monoisotopic (exact) mass is 421 g/mol. The van der Waals surface area contributed by atoms with Gasteiger partial charge in [-0.3, -0.25) is 9.78 Å². The summed E-state index contributed by atoms with van der Waals surface area (Å²) in [6.45, 7) is 0.312. The summed E-state index contributed by atoms with van der Waals surface area (Å²) in [6, 6.07) is 5.39. The minimum Gasteiger partial charge on any atom is -0.481 e. The molecule has 2 saturated carbocycles. The van der Waals surface area contributed by atoms with Crippen LogP contribution >= 0.6 is 0 Å². The van der Waals surface area contributed by atoms with Crippen LogP contribution in [0.2, 0.25) is 0 Å². The third-order valence-electron chi connectivity index (χ3n) is 6.01. The highest BCUT2D eigenvalue weighted by Gasteiger charge is 2.45. The van der Waals surface area contributed by atoms with Gasteiger partial charge in [0.2, 0.25) is 5.88 Å². The summed E-state index contributed by atoms with van der Waals surface area (Å²) >= 11 is 0. The molecule has 2 aromatic heterocycles. The SMILES string of the molecule is O=C(O)[C@H]1C[C@@H]1c1cc(-c2cnnc(OCC3CCC(C(F)(F)F)CC3)c2)ccn1. The standard InChI is InChI=1S/C21H22F3N3O3/c22-21(23,24)15-3-1-12(2-4-15)11-30-19-8-14(10-26-27-19)13-5-6-25-18(7-13)16-9-17(16)20(28)29/h5-8,10,12,15-17H,1-4,9,11H2,(H,28,29)/t12?,15?,16-,17-/m0/s1. The first-order valence-corrected chi connectivity index (χ1v) is 10.0. The molecule has 6 nitrogen and oxygen atoms in total. The number of rotatable bonds is 6. The van der Waals surface area contributed by atoms with E-state index in [4.69, 9.17) is 9.84 Å². The number of pyridine rings is 1. The molecule has 2 fully saturated rings. The number of halogens is 3. The lowest BCUT2D eigenvalue weighted by molar-refractivity contribution is -0.184. The van der Waals surface area contributed by atoms with Crippen LogP contribution in [-0.2, 0) is 4.79 Å². The number of nitrogens with zero attached hydrogens (tertiary/aromatic N) is 3. The molecule has 0 amide bonds. The van der Waals surface area contributed by atoms with Gasteiger partial charge in [0, 0.05) is 29.4 Å². The van der Waals surface area contributed by atoms with Crippen molar-refractivity contribution in [2.75, 3.05) is 6.61 Å². The maximum absolute atomic E-state index is 12.8. The van der Waals surface area contributed by atoms with Crippen molar-refractivity contribution in [3.63, 3.8) is 0 Å². The molecule has 0 aliphatic heterocycles. The van der Waals surface area contributed by atoms with E-state index < -0.39 is 18.1 Å². The van der Waals surface area contributed by atoms with Gasteiger partial charge in [-0.25, -0.2) is 0 Å². The maximum atomic E-state index is 12.8. The first kappa shape index (κ1) is 20.6. The van der Waals surface area contributed by atoms with Crippen molar-refractivity contribution >= 4 is 5.97 Å². The molecule has 4 rings (SSSR count). The molecule has 2 aliphatic rings. The maximum Gasteiger partial charge on any atom is 0.391 e. The van der Waals surface area contributed by atoms with Gasteiger partial charge in [-0.15, -0.1) is 5.10 Å². The molecule has 2 atom stereocenters. The van der Waals surface area contributed by atoms with Gasteiger partial charge in [-0.1, -0.05) is 0 Å². The molecule has 0 radical (unpaired) electrons. The predicted molar refractivity (Wildman–Crippen MR) is 101 cm³/mol. The quantitative estimate of drug-likeness (QED) is 0.741. The van der Waals surface area contributed by atoms with Gasteiger partial charge in [0.25, 0.3) is 0 Å². The van der Waals surface area contributed by atoms with Crippen molar-refractivity contribution in [2.24, 2.45) is 17.8 Å². The van der Waals surface area contributed by atoms with Crippen LogP contribution in [-0.4, -0.2) is 39.0 Å². The van der Waals surface area contributed by atoms with Crippen LogP contribution in [0.15, 0.2) is 30.6 Å². The van der Waals surface area contributed by atoms with E-state index in [1.807, 2.05) is 6.07 Å². The van der Waals surface area contributed by atoms with Crippen LogP contribution in [0.1, 0.15) is 43.7 Å². The molecule has 0 spiro atoms. The van der Waals surface area contributed by atoms with Gasteiger partial charge in [0.05, 0.1) is 24.6 Å². The molecule has 0 unspecified atom stereocenters. The van der Waals surface area contributed by atoms with Crippen molar-refractivity contribution in [1.29, 1.82) is 0 Å². The minimum atomic E-state index is -4.11. The van der Waals surface area contributed by atoms with E-state index in [2.05, 4.69) is 15.2 Å². The molecule has 30 heavy (non-hydrogen) atoms. The van der Waals surface area contributed by atoms with Gasteiger partial charge in [0.15, 0.2) is 0 Å². The predicted octanol–water partition coefficient (Wildman–Crippen LogP) is 4.47. The average molecular weight is 421 g/mol. The van der Waals surface area contributed by atoms with E-state index in [0.717, 1.165) is 16.8 Å². The van der Waals surface area contributed by atoms with Crippen LogP contribution < -0.4 is 4.74 Å². The second-order valence-electron chi connectivity index (χ2n) is 8.11. The number of hydrogen-bond acceptors (Lipinski definition) is 5. The second-order valence-corrected chi connectivity index (χ2v) is 8.11. The molecule has 0 aromatic carbocycles. The summed E-state index contributed by atoms with van der Waals surface area (Å²) < 4.78 is 44.1. The Labute approximate surface area is 171 Å². The fraction of sp³-hybridized carbons (Fsp3) is 0.524. The zero-order valence-corrected chi connectivity index (χ0v) is 16.2. The normalized spacial score (nSPS) is 26.2. The number of carboxylic acid groups (broad SMARTS) is 1. The number of carbonyl (C=O) groups is 1. The number of alkyl halides is 3. The second kappa shape index (κ2) is 8.20.